The third kappa shape index (κ3) is 7.46. The molecule has 7 nitrogen and oxygen atoms in total. The first-order chi connectivity index (χ1) is 17.6. The number of rotatable bonds is 11. The Morgan fingerprint density at radius 1 is 0.722 bits per heavy atom. The number of esters is 1. The van der Waals surface area contributed by atoms with E-state index in [1.807, 2.05) is 91.0 Å². The van der Waals surface area contributed by atoms with E-state index in [1.54, 1.807) is 0 Å². The molecule has 0 aliphatic carbocycles. The summed E-state index contributed by atoms with van der Waals surface area (Å²) in [5.74, 6) is -0.461. The standard InChI is InChI=1S/C29H32O7/c1-21(30)32-20-25-26(31)27(33-17-22-11-5-2-6-12-22)28(34-18-23-13-7-3-8-14-23)29(36-25)35-19-24-15-9-4-10-16-24/h2-16,25-29,31H,17-20H2,1H3/t25-,26+,27+,28-,29-/m1/s1. The summed E-state index contributed by atoms with van der Waals surface area (Å²) in [6.45, 7) is 2.01. The zero-order valence-electron chi connectivity index (χ0n) is 20.3. The Balaban J connectivity index is 1.55. The minimum Gasteiger partial charge on any atom is -0.463 e. The molecule has 0 aromatic heterocycles. The molecule has 5 atom stereocenters. The van der Waals surface area contributed by atoms with Crippen LogP contribution < -0.4 is 0 Å². The summed E-state index contributed by atoms with van der Waals surface area (Å²) in [6, 6.07) is 29.1. The van der Waals surface area contributed by atoms with Crippen LogP contribution in [0.15, 0.2) is 91.0 Å². The molecule has 1 aliphatic heterocycles. The van der Waals surface area contributed by atoms with Crippen molar-refractivity contribution in [3.63, 3.8) is 0 Å². The maximum Gasteiger partial charge on any atom is 0.302 e. The summed E-state index contributed by atoms with van der Waals surface area (Å²) in [7, 11) is 0. The molecule has 1 saturated heterocycles. The normalized spacial score (nSPS) is 23.8. The van der Waals surface area contributed by atoms with Gasteiger partial charge in [0.25, 0.3) is 0 Å². The van der Waals surface area contributed by atoms with Gasteiger partial charge in [-0.2, -0.15) is 0 Å². The second-order valence-electron chi connectivity index (χ2n) is 8.66. The Morgan fingerprint density at radius 2 is 1.17 bits per heavy atom. The third-order valence-corrected chi connectivity index (χ3v) is 5.90. The summed E-state index contributed by atoms with van der Waals surface area (Å²) < 4.78 is 29.9. The topological polar surface area (TPSA) is 83.5 Å². The SMILES string of the molecule is CC(=O)OC[C@H]1O[C@@H](OCc2ccccc2)[C@H](OCc2ccccc2)[C@@H](OCc2ccccc2)[C@H]1O. The molecule has 1 N–H and O–H groups in total. The summed E-state index contributed by atoms with van der Waals surface area (Å²) >= 11 is 0. The quantitative estimate of drug-likeness (QED) is 0.405. The van der Waals surface area contributed by atoms with Crippen molar-refractivity contribution >= 4 is 5.97 Å². The Hall–Kier alpha value is -3.07. The highest BCUT2D eigenvalue weighted by atomic mass is 16.7. The zero-order chi connectivity index (χ0) is 25.2. The number of benzene rings is 3. The summed E-state index contributed by atoms with van der Waals surface area (Å²) in [4.78, 5) is 11.5. The van der Waals surface area contributed by atoms with Crippen LogP contribution in [0.1, 0.15) is 23.6 Å². The van der Waals surface area contributed by atoms with Crippen molar-refractivity contribution in [3.8, 4) is 0 Å². The average molecular weight is 493 g/mol. The molecule has 3 aromatic rings. The Morgan fingerprint density at radius 3 is 1.64 bits per heavy atom. The minimum atomic E-state index is -1.11. The summed E-state index contributed by atoms with van der Waals surface area (Å²) in [5, 5.41) is 11.2. The first-order valence-corrected chi connectivity index (χ1v) is 12.0. The molecule has 4 rings (SSSR count). The van der Waals surface area contributed by atoms with Crippen molar-refractivity contribution in [3.05, 3.63) is 108 Å². The highest BCUT2D eigenvalue weighted by Gasteiger charge is 2.48. The van der Waals surface area contributed by atoms with Gasteiger partial charge in [0.15, 0.2) is 6.29 Å². The van der Waals surface area contributed by atoms with Gasteiger partial charge >= 0.3 is 5.97 Å². The molecule has 0 radical (unpaired) electrons. The number of ether oxygens (including phenoxy) is 5. The van der Waals surface area contributed by atoms with Crippen LogP contribution in [0.3, 0.4) is 0 Å². The van der Waals surface area contributed by atoms with Crippen LogP contribution in [0.25, 0.3) is 0 Å². The molecule has 7 heteroatoms. The van der Waals surface area contributed by atoms with Gasteiger partial charge in [-0.3, -0.25) is 4.79 Å². The van der Waals surface area contributed by atoms with Crippen molar-refractivity contribution in [2.75, 3.05) is 6.61 Å². The Bertz CT molecular complexity index is 1040. The van der Waals surface area contributed by atoms with Gasteiger partial charge in [0.2, 0.25) is 0 Å². The molecule has 1 heterocycles. The predicted octanol–water partition coefficient (Wildman–Crippen LogP) is 4.02. The number of hydrogen-bond acceptors (Lipinski definition) is 7. The van der Waals surface area contributed by atoms with Gasteiger partial charge < -0.3 is 28.8 Å². The molecule has 0 unspecified atom stereocenters. The van der Waals surface area contributed by atoms with E-state index >= 15 is 0 Å². The Kier molecular flexibility index (Phi) is 9.61. The fourth-order valence-electron chi connectivity index (χ4n) is 4.02. The molecular weight excluding hydrogens is 460 g/mol. The second-order valence-corrected chi connectivity index (χ2v) is 8.66. The highest BCUT2D eigenvalue weighted by molar-refractivity contribution is 5.65. The van der Waals surface area contributed by atoms with Crippen LogP contribution in [0.4, 0.5) is 0 Å². The number of aliphatic hydroxyl groups is 1. The van der Waals surface area contributed by atoms with E-state index in [9.17, 15) is 9.90 Å². The predicted molar refractivity (Wildman–Crippen MR) is 133 cm³/mol. The fourth-order valence-corrected chi connectivity index (χ4v) is 4.02. The van der Waals surface area contributed by atoms with Gasteiger partial charge in [0.05, 0.1) is 19.8 Å². The first kappa shape index (κ1) is 26.0. The van der Waals surface area contributed by atoms with Crippen LogP contribution in [0.5, 0.6) is 0 Å². The van der Waals surface area contributed by atoms with Crippen molar-refractivity contribution in [2.45, 2.75) is 57.5 Å². The van der Waals surface area contributed by atoms with E-state index in [2.05, 4.69) is 0 Å². The van der Waals surface area contributed by atoms with Gasteiger partial charge in [-0.05, 0) is 16.7 Å². The van der Waals surface area contributed by atoms with Crippen molar-refractivity contribution in [1.29, 1.82) is 0 Å². The molecule has 0 bridgehead atoms. The lowest BCUT2D eigenvalue weighted by atomic mass is 9.98. The Labute approximate surface area is 211 Å². The van der Waals surface area contributed by atoms with E-state index in [1.165, 1.54) is 6.92 Å². The van der Waals surface area contributed by atoms with Crippen LogP contribution in [-0.2, 0) is 48.3 Å². The first-order valence-electron chi connectivity index (χ1n) is 12.0. The monoisotopic (exact) mass is 492 g/mol. The van der Waals surface area contributed by atoms with Crippen LogP contribution >= 0.6 is 0 Å². The molecule has 3 aromatic carbocycles. The molecule has 0 amide bonds. The van der Waals surface area contributed by atoms with Crippen LogP contribution in [0.2, 0.25) is 0 Å². The lowest BCUT2D eigenvalue weighted by Crippen LogP contribution is -2.61. The van der Waals surface area contributed by atoms with Gasteiger partial charge in [-0.1, -0.05) is 91.0 Å². The van der Waals surface area contributed by atoms with Crippen molar-refractivity contribution in [1.82, 2.24) is 0 Å². The number of carbonyl (C=O) groups excluding carboxylic acids is 1. The van der Waals surface area contributed by atoms with E-state index in [-0.39, 0.29) is 26.4 Å². The highest BCUT2D eigenvalue weighted by Crippen LogP contribution is 2.29. The van der Waals surface area contributed by atoms with E-state index in [0.29, 0.717) is 0 Å². The molecule has 0 spiro atoms. The number of carbonyl (C=O) groups is 1. The summed E-state index contributed by atoms with van der Waals surface area (Å²) in [6.07, 6.45) is -4.33. The van der Waals surface area contributed by atoms with Crippen LogP contribution in [-0.4, -0.2) is 48.4 Å². The van der Waals surface area contributed by atoms with E-state index in [0.717, 1.165) is 16.7 Å². The minimum absolute atomic E-state index is 0.127. The van der Waals surface area contributed by atoms with Crippen LogP contribution in [0, 0.1) is 0 Å². The molecule has 190 valence electrons. The van der Waals surface area contributed by atoms with Gasteiger partial charge in [-0.25, -0.2) is 0 Å². The van der Waals surface area contributed by atoms with Gasteiger partial charge in [0, 0.05) is 6.92 Å². The molecule has 36 heavy (non-hydrogen) atoms. The number of aliphatic hydroxyl groups excluding tert-OH is 1. The zero-order valence-corrected chi connectivity index (χ0v) is 20.3. The maximum absolute atomic E-state index is 11.5. The smallest absolute Gasteiger partial charge is 0.302 e. The van der Waals surface area contributed by atoms with Gasteiger partial charge in [0.1, 0.15) is 31.0 Å². The summed E-state index contributed by atoms with van der Waals surface area (Å²) in [5.41, 5.74) is 2.89. The average Bonchev–Trinajstić information content (AvgIpc) is 2.91. The molecule has 1 aliphatic rings. The maximum atomic E-state index is 11.5. The third-order valence-electron chi connectivity index (χ3n) is 5.90. The lowest BCUT2D eigenvalue weighted by molar-refractivity contribution is -0.322. The molecular formula is C29H32O7. The fraction of sp³-hybridized carbons (Fsp3) is 0.345. The van der Waals surface area contributed by atoms with E-state index < -0.39 is 36.7 Å². The largest absolute Gasteiger partial charge is 0.463 e. The molecule has 0 saturated carbocycles. The van der Waals surface area contributed by atoms with E-state index in [4.69, 9.17) is 23.7 Å². The van der Waals surface area contributed by atoms with Crippen molar-refractivity contribution in [2.24, 2.45) is 0 Å². The van der Waals surface area contributed by atoms with Gasteiger partial charge in [-0.15, -0.1) is 0 Å². The lowest BCUT2D eigenvalue weighted by Gasteiger charge is -2.44. The van der Waals surface area contributed by atoms with Crippen molar-refractivity contribution < 1.29 is 33.6 Å². The second kappa shape index (κ2) is 13.3. The number of hydrogen-bond donors (Lipinski definition) is 1. The molecule has 1 fully saturated rings.